The van der Waals surface area contributed by atoms with Crippen molar-refractivity contribution in [3.05, 3.63) is 23.7 Å². The highest BCUT2D eigenvalue weighted by atomic mass is 16.3. The summed E-state index contributed by atoms with van der Waals surface area (Å²) in [5.41, 5.74) is 0. The summed E-state index contributed by atoms with van der Waals surface area (Å²) in [6.07, 6.45) is 2.38. The van der Waals surface area contributed by atoms with Crippen molar-refractivity contribution in [1.82, 2.24) is 0 Å². The summed E-state index contributed by atoms with van der Waals surface area (Å²) in [4.78, 5) is 0. The molecule has 0 aliphatic rings. The topological polar surface area (TPSA) is 36.9 Å². The molecule has 0 saturated carbocycles. The van der Waals surface area contributed by atoms with Crippen molar-refractivity contribution in [3.8, 4) is 6.07 Å². The van der Waals surface area contributed by atoms with Gasteiger partial charge in [0.1, 0.15) is 11.5 Å². The highest BCUT2D eigenvalue weighted by Gasteiger charge is 1.96. The summed E-state index contributed by atoms with van der Waals surface area (Å²) < 4.78 is 5.32. The molecule has 2 nitrogen and oxygen atoms in total. The third-order valence-corrected chi connectivity index (χ3v) is 1.51. The first-order valence-corrected chi connectivity index (χ1v) is 3.75. The molecule has 0 aliphatic carbocycles. The number of rotatable bonds is 3. The Morgan fingerprint density at radius 3 is 2.91 bits per heavy atom. The van der Waals surface area contributed by atoms with Crippen molar-refractivity contribution < 1.29 is 4.42 Å². The highest BCUT2D eigenvalue weighted by Crippen LogP contribution is 2.08. The number of hydrogen-bond acceptors (Lipinski definition) is 2. The molecule has 2 heteroatoms. The fraction of sp³-hybridized carbons (Fsp3) is 0.444. The van der Waals surface area contributed by atoms with Gasteiger partial charge in [0.2, 0.25) is 0 Å². The van der Waals surface area contributed by atoms with Crippen LogP contribution in [0.1, 0.15) is 24.4 Å². The fourth-order valence-electron chi connectivity index (χ4n) is 0.961. The maximum atomic E-state index is 8.27. The minimum Gasteiger partial charge on any atom is -0.466 e. The molecule has 0 fully saturated rings. The van der Waals surface area contributed by atoms with Gasteiger partial charge in [-0.2, -0.15) is 5.26 Å². The lowest BCUT2D eigenvalue weighted by atomic mass is 10.2. The Morgan fingerprint density at radius 1 is 1.55 bits per heavy atom. The molecule has 0 bridgehead atoms. The van der Waals surface area contributed by atoms with Crippen molar-refractivity contribution in [3.63, 3.8) is 0 Å². The van der Waals surface area contributed by atoms with Crippen LogP contribution in [0.25, 0.3) is 0 Å². The van der Waals surface area contributed by atoms with Gasteiger partial charge in [-0.1, -0.05) is 0 Å². The standard InChI is InChI=1S/C9H11NO/c1-8-5-6-9(11-8)4-2-3-7-10/h5-6H,2-4H2,1H3. The molecule has 1 heterocycles. The Morgan fingerprint density at radius 2 is 2.36 bits per heavy atom. The first-order chi connectivity index (χ1) is 5.33. The van der Waals surface area contributed by atoms with Gasteiger partial charge in [0.25, 0.3) is 0 Å². The lowest BCUT2D eigenvalue weighted by molar-refractivity contribution is 0.478. The number of aryl methyl sites for hydroxylation is 2. The average molecular weight is 149 g/mol. The second kappa shape index (κ2) is 3.82. The molecule has 1 aromatic rings. The Labute approximate surface area is 66.4 Å². The third kappa shape index (κ3) is 2.46. The minimum absolute atomic E-state index is 0.611. The number of nitriles is 1. The van der Waals surface area contributed by atoms with Gasteiger partial charge in [-0.25, -0.2) is 0 Å². The van der Waals surface area contributed by atoms with E-state index in [0.717, 1.165) is 24.4 Å². The lowest BCUT2D eigenvalue weighted by Gasteiger charge is -1.90. The number of unbranched alkanes of at least 4 members (excludes halogenated alkanes) is 1. The van der Waals surface area contributed by atoms with Gasteiger partial charge in [0, 0.05) is 12.8 Å². The predicted molar refractivity (Wildman–Crippen MR) is 42.0 cm³/mol. The molecule has 0 aliphatic heterocycles. The van der Waals surface area contributed by atoms with Gasteiger partial charge < -0.3 is 4.42 Å². The van der Waals surface area contributed by atoms with Crippen molar-refractivity contribution >= 4 is 0 Å². The number of nitrogens with zero attached hydrogens (tertiary/aromatic N) is 1. The molecule has 0 amide bonds. The zero-order valence-corrected chi connectivity index (χ0v) is 6.63. The van der Waals surface area contributed by atoms with Crippen LogP contribution in [-0.2, 0) is 6.42 Å². The van der Waals surface area contributed by atoms with E-state index in [1.165, 1.54) is 0 Å². The van der Waals surface area contributed by atoms with Gasteiger partial charge in [-0.3, -0.25) is 0 Å². The maximum absolute atomic E-state index is 8.27. The molecule has 0 saturated heterocycles. The SMILES string of the molecule is Cc1ccc(CCCC#N)o1. The van der Waals surface area contributed by atoms with Crippen molar-refractivity contribution in [2.75, 3.05) is 0 Å². The molecule has 0 radical (unpaired) electrons. The molecule has 0 spiro atoms. The predicted octanol–water partition coefficient (Wildman–Crippen LogP) is 2.43. The monoisotopic (exact) mass is 149 g/mol. The van der Waals surface area contributed by atoms with E-state index in [4.69, 9.17) is 9.68 Å². The molecule has 0 atom stereocenters. The quantitative estimate of drug-likeness (QED) is 0.619. The Balaban J connectivity index is 2.34. The zero-order chi connectivity index (χ0) is 8.10. The molecular weight excluding hydrogens is 138 g/mol. The summed E-state index contributed by atoms with van der Waals surface area (Å²) in [5, 5.41) is 8.27. The molecule has 0 aromatic carbocycles. The smallest absolute Gasteiger partial charge is 0.104 e. The molecule has 0 unspecified atom stereocenters. The van der Waals surface area contributed by atoms with Crippen LogP contribution in [0.15, 0.2) is 16.5 Å². The molecule has 11 heavy (non-hydrogen) atoms. The second-order valence-electron chi connectivity index (χ2n) is 2.52. The van der Waals surface area contributed by atoms with Crippen molar-refractivity contribution in [2.45, 2.75) is 26.2 Å². The van der Waals surface area contributed by atoms with E-state index in [1.807, 2.05) is 19.1 Å². The second-order valence-corrected chi connectivity index (χ2v) is 2.52. The van der Waals surface area contributed by atoms with Crippen LogP contribution in [-0.4, -0.2) is 0 Å². The number of furan rings is 1. The van der Waals surface area contributed by atoms with Gasteiger partial charge in [-0.15, -0.1) is 0 Å². The van der Waals surface area contributed by atoms with Crippen molar-refractivity contribution in [1.29, 1.82) is 5.26 Å². The summed E-state index contributed by atoms with van der Waals surface area (Å²) in [5.74, 6) is 1.93. The number of hydrogen-bond donors (Lipinski definition) is 0. The normalized spacial score (nSPS) is 9.45. The van der Waals surface area contributed by atoms with E-state index >= 15 is 0 Å². The highest BCUT2D eigenvalue weighted by molar-refractivity contribution is 5.05. The van der Waals surface area contributed by atoms with Crippen LogP contribution in [0.4, 0.5) is 0 Å². The van der Waals surface area contributed by atoms with E-state index < -0.39 is 0 Å². The molecule has 1 rings (SSSR count). The van der Waals surface area contributed by atoms with Crippen LogP contribution >= 0.6 is 0 Å². The van der Waals surface area contributed by atoms with Crippen LogP contribution in [0.5, 0.6) is 0 Å². The Hall–Kier alpha value is -1.23. The van der Waals surface area contributed by atoms with Crippen LogP contribution in [0.3, 0.4) is 0 Å². The third-order valence-electron chi connectivity index (χ3n) is 1.51. The first kappa shape index (κ1) is 7.87. The summed E-state index contributed by atoms with van der Waals surface area (Å²) in [6, 6.07) is 6.01. The summed E-state index contributed by atoms with van der Waals surface area (Å²) in [7, 11) is 0. The largest absolute Gasteiger partial charge is 0.466 e. The van der Waals surface area contributed by atoms with Crippen LogP contribution in [0.2, 0.25) is 0 Å². The Bertz CT molecular complexity index is 257. The van der Waals surface area contributed by atoms with E-state index in [2.05, 4.69) is 6.07 Å². The van der Waals surface area contributed by atoms with E-state index in [-0.39, 0.29) is 0 Å². The summed E-state index contributed by atoms with van der Waals surface area (Å²) >= 11 is 0. The van der Waals surface area contributed by atoms with Gasteiger partial charge >= 0.3 is 0 Å². The Kier molecular flexibility index (Phi) is 2.74. The van der Waals surface area contributed by atoms with Gasteiger partial charge in [0.15, 0.2) is 0 Å². The molecular formula is C9H11NO. The molecule has 58 valence electrons. The fourth-order valence-corrected chi connectivity index (χ4v) is 0.961. The van der Waals surface area contributed by atoms with E-state index in [1.54, 1.807) is 0 Å². The van der Waals surface area contributed by atoms with Crippen molar-refractivity contribution in [2.24, 2.45) is 0 Å². The van der Waals surface area contributed by atoms with Crippen LogP contribution in [0, 0.1) is 18.3 Å². The minimum atomic E-state index is 0.611. The van der Waals surface area contributed by atoms with Crippen LogP contribution < -0.4 is 0 Å². The first-order valence-electron chi connectivity index (χ1n) is 3.75. The maximum Gasteiger partial charge on any atom is 0.104 e. The van der Waals surface area contributed by atoms with Gasteiger partial charge in [0.05, 0.1) is 6.07 Å². The molecule has 0 N–H and O–H groups in total. The molecule has 1 aromatic heterocycles. The summed E-state index contributed by atoms with van der Waals surface area (Å²) in [6.45, 7) is 1.92. The lowest BCUT2D eigenvalue weighted by Crippen LogP contribution is -1.79. The average Bonchev–Trinajstić information content (AvgIpc) is 2.37. The van der Waals surface area contributed by atoms with E-state index in [9.17, 15) is 0 Å². The zero-order valence-electron chi connectivity index (χ0n) is 6.63. The van der Waals surface area contributed by atoms with Gasteiger partial charge in [-0.05, 0) is 25.5 Å². The van der Waals surface area contributed by atoms with E-state index in [0.29, 0.717) is 6.42 Å².